The van der Waals surface area contributed by atoms with Crippen molar-refractivity contribution in [3.8, 4) is 0 Å². The minimum absolute atomic E-state index is 0.0101. The zero-order valence-corrected chi connectivity index (χ0v) is 21.2. The lowest BCUT2D eigenvalue weighted by molar-refractivity contribution is -0.119. The third-order valence-electron chi connectivity index (χ3n) is 7.56. The Labute approximate surface area is 210 Å². The predicted octanol–water partition coefficient (Wildman–Crippen LogP) is 5.95. The van der Waals surface area contributed by atoms with Gasteiger partial charge in [0.25, 0.3) is 0 Å². The molecule has 3 aromatic rings. The Kier molecular flexibility index (Phi) is 6.66. The van der Waals surface area contributed by atoms with Gasteiger partial charge in [0.1, 0.15) is 0 Å². The van der Waals surface area contributed by atoms with Crippen LogP contribution in [0.15, 0.2) is 78.9 Å². The molecule has 4 heteroatoms. The first-order valence-corrected chi connectivity index (χ1v) is 12.9. The number of fused-ring (bicyclic) bond motifs is 1. The molecule has 2 aliphatic heterocycles. The van der Waals surface area contributed by atoms with E-state index in [0.717, 1.165) is 37.4 Å². The lowest BCUT2D eigenvalue weighted by Gasteiger charge is -2.43. The van der Waals surface area contributed by atoms with E-state index in [1.807, 2.05) is 23.1 Å². The summed E-state index contributed by atoms with van der Waals surface area (Å²) in [6.45, 7) is 11.6. The molecule has 1 saturated heterocycles. The van der Waals surface area contributed by atoms with E-state index in [2.05, 4.69) is 91.7 Å². The van der Waals surface area contributed by atoms with Gasteiger partial charge in [0.15, 0.2) is 0 Å². The highest BCUT2D eigenvalue weighted by Crippen LogP contribution is 2.52. The third kappa shape index (κ3) is 4.99. The predicted molar refractivity (Wildman–Crippen MR) is 145 cm³/mol. The van der Waals surface area contributed by atoms with Crippen molar-refractivity contribution >= 4 is 17.3 Å². The summed E-state index contributed by atoms with van der Waals surface area (Å²) in [4.78, 5) is 18.2. The molecule has 35 heavy (non-hydrogen) atoms. The van der Waals surface area contributed by atoms with Gasteiger partial charge in [-0.3, -0.25) is 4.79 Å². The van der Waals surface area contributed by atoms with Crippen LogP contribution in [-0.2, 0) is 11.3 Å². The van der Waals surface area contributed by atoms with Crippen LogP contribution in [0.2, 0.25) is 0 Å². The normalized spacial score (nSPS) is 19.4. The van der Waals surface area contributed by atoms with E-state index in [-0.39, 0.29) is 23.2 Å². The fraction of sp³-hybridized carbons (Fsp3) is 0.387. The topological polar surface area (TPSA) is 35.6 Å². The minimum atomic E-state index is 0.0101. The number of carbonyl (C=O) groups is 1. The van der Waals surface area contributed by atoms with Crippen molar-refractivity contribution in [2.24, 2.45) is 5.41 Å². The number of piperazine rings is 1. The Balaban J connectivity index is 1.61. The standard InChI is InChI=1S/C31H37N3O/c1-31(2,3)30(24-12-8-5-9-13-24)27-21-29(35)34(22-23-10-6-4-7-11-23)28-15-14-25(20-26(27)28)33-18-16-32-17-19-33/h4-15,20,27,30,32H,16-19,21-22H2,1-3H3. The van der Waals surface area contributed by atoms with Crippen LogP contribution in [0.3, 0.4) is 0 Å². The number of nitrogens with one attached hydrogen (secondary N) is 1. The molecule has 0 bridgehead atoms. The fourth-order valence-electron chi connectivity index (χ4n) is 5.98. The molecule has 1 fully saturated rings. The second-order valence-corrected chi connectivity index (χ2v) is 11.0. The summed E-state index contributed by atoms with van der Waals surface area (Å²) in [6, 6.07) is 27.9. The van der Waals surface area contributed by atoms with E-state index >= 15 is 0 Å². The van der Waals surface area contributed by atoms with Crippen molar-refractivity contribution in [1.82, 2.24) is 5.32 Å². The number of hydrogen-bond acceptors (Lipinski definition) is 3. The molecule has 182 valence electrons. The molecular weight excluding hydrogens is 430 g/mol. The molecule has 4 nitrogen and oxygen atoms in total. The van der Waals surface area contributed by atoms with E-state index in [1.54, 1.807) is 0 Å². The summed E-state index contributed by atoms with van der Waals surface area (Å²) in [5.41, 5.74) is 6.13. The van der Waals surface area contributed by atoms with Crippen LogP contribution < -0.4 is 15.1 Å². The zero-order valence-electron chi connectivity index (χ0n) is 21.2. The Morgan fingerprint density at radius 2 is 1.57 bits per heavy atom. The van der Waals surface area contributed by atoms with Crippen LogP contribution in [0.4, 0.5) is 11.4 Å². The van der Waals surface area contributed by atoms with E-state index in [4.69, 9.17) is 0 Å². The summed E-state index contributed by atoms with van der Waals surface area (Å²) >= 11 is 0. The summed E-state index contributed by atoms with van der Waals surface area (Å²) < 4.78 is 0. The van der Waals surface area contributed by atoms with E-state index in [0.29, 0.717) is 13.0 Å². The average molecular weight is 468 g/mol. The van der Waals surface area contributed by atoms with Crippen LogP contribution in [0, 0.1) is 5.41 Å². The maximum atomic E-state index is 13.7. The molecular formula is C31H37N3O. The van der Waals surface area contributed by atoms with Gasteiger partial charge < -0.3 is 15.1 Å². The molecule has 2 atom stereocenters. The molecule has 0 radical (unpaired) electrons. The SMILES string of the molecule is CC(C)(C)C(c1ccccc1)C1CC(=O)N(Cc2ccccc2)c2ccc(N3CCNCC3)cc21. The molecule has 0 aromatic heterocycles. The second-order valence-electron chi connectivity index (χ2n) is 11.0. The number of nitrogens with zero attached hydrogens (tertiary/aromatic N) is 2. The highest BCUT2D eigenvalue weighted by molar-refractivity contribution is 5.97. The van der Waals surface area contributed by atoms with Crippen LogP contribution in [0.1, 0.15) is 55.7 Å². The molecule has 2 aliphatic rings. The van der Waals surface area contributed by atoms with E-state index < -0.39 is 0 Å². The highest BCUT2D eigenvalue weighted by atomic mass is 16.2. The van der Waals surface area contributed by atoms with Crippen LogP contribution in [0.25, 0.3) is 0 Å². The van der Waals surface area contributed by atoms with Crippen molar-refractivity contribution in [1.29, 1.82) is 0 Å². The Morgan fingerprint density at radius 3 is 2.23 bits per heavy atom. The first kappa shape index (κ1) is 23.6. The van der Waals surface area contributed by atoms with Crippen LogP contribution >= 0.6 is 0 Å². The monoisotopic (exact) mass is 467 g/mol. The van der Waals surface area contributed by atoms with Gasteiger partial charge in [-0.1, -0.05) is 81.4 Å². The van der Waals surface area contributed by atoms with Gasteiger partial charge in [-0.2, -0.15) is 0 Å². The van der Waals surface area contributed by atoms with Gasteiger partial charge in [0.05, 0.1) is 6.54 Å². The molecule has 5 rings (SSSR count). The molecule has 0 spiro atoms. The average Bonchev–Trinajstić information content (AvgIpc) is 2.87. The first-order chi connectivity index (χ1) is 16.9. The number of amides is 1. The highest BCUT2D eigenvalue weighted by Gasteiger charge is 2.41. The number of benzene rings is 3. The lowest BCUT2D eigenvalue weighted by atomic mass is 9.65. The van der Waals surface area contributed by atoms with Gasteiger partial charge in [0, 0.05) is 49.9 Å². The van der Waals surface area contributed by atoms with Gasteiger partial charge in [0.2, 0.25) is 5.91 Å². The van der Waals surface area contributed by atoms with Gasteiger partial charge >= 0.3 is 0 Å². The zero-order chi connectivity index (χ0) is 24.4. The Morgan fingerprint density at radius 1 is 0.914 bits per heavy atom. The third-order valence-corrected chi connectivity index (χ3v) is 7.56. The number of hydrogen-bond donors (Lipinski definition) is 1. The molecule has 2 heterocycles. The molecule has 0 saturated carbocycles. The minimum Gasteiger partial charge on any atom is -0.369 e. The summed E-state index contributed by atoms with van der Waals surface area (Å²) in [7, 11) is 0. The Bertz CT molecular complexity index is 1150. The lowest BCUT2D eigenvalue weighted by Crippen LogP contribution is -2.44. The van der Waals surface area contributed by atoms with Gasteiger partial charge in [-0.15, -0.1) is 0 Å². The van der Waals surface area contributed by atoms with Crippen molar-refractivity contribution in [2.75, 3.05) is 36.0 Å². The maximum Gasteiger partial charge on any atom is 0.227 e. The molecule has 1 N–H and O–H groups in total. The molecule has 0 aliphatic carbocycles. The van der Waals surface area contributed by atoms with Crippen molar-refractivity contribution in [3.05, 3.63) is 95.6 Å². The van der Waals surface area contributed by atoms with E-state index in [9.17, 15) is 4.79 Å². The molecule has 2 unspecified atom stereocenters. The number of carbonyl (C=O) groups excluding carboxylic acids is 1. The number of anilines is 2. The first-order valence-electron chi connectivity index (χ1n) is 12.9. The second kappa shape index (κ2) is 9.87. The van der Waals surface area contributed by atoms with Crippen LogP contribution in [0.5, 0.6) is 0 Å². The quantitative estimate of drug-likeness (QED) is 0.504. The molecule has 1 amide bonds. The van der Waals surface area contributed by atoms with Crippen molar-refractivity contribution < 1.29 is 4.79 Å². The van der Waals surface area contributed by atoms with Crippen molar-refractivity contribution in [2.45, 2.75) is 45.6 Å². The summed E-state index contributed by atoms with van der Waals surface area (Å²) in [6.07, 6.45) is 0.529. The largest absolute Gasteiger partial charge is 0.369 e. The summed E-state index contributed by atoms with van der Waals surface area (Å²) in [5.74, 6) is 0.588. The van der Waals surface area contributed by atoms with Crippen molar-refractivity contribution in [3.63, 3.8) is 0 Å². The fourth-order valence-corrected chi connectivity index (χ4v) is 5.98. The number of rotatable bonds is 5. The van der Waals surface area contributed by atoms with Gasteiger partial charge in [-0.25, -0.2) is 0 Å². The molecule has 3 aromatic carbocycles. The smallest absolute Gasteiger partial charge is 0.227 e. The summed E-state index contributed by atoms with van der Waals surface area (Å²) in [5, 5.41) is 3.46. The van der Waals surface area contributed by atoms with E-state index in [1.165, 1.54) is 16.8 Å². The van der Waals surface area contributed by atoms with Crippen LogP contribution in [-0.4, -0.2) is 32.1 Å². The Hall–Kier alpha value is -3.11. The maximum absolute atomic E-state index is 13.7. The van der Waals surface area contributed by atoms with Gasteiger partial charge in [-0.05, 0) is 46.2 Å².